The molecule has 0 unspecified atom stereocenters. The summed E-state index contributed by atoms with van der Waals surface area (Å²) in [5.74, 6) is 0.763. The van der Waals surface area contributed by atoms with Crippen molar-refractivity contribution < 1.29 is 0 Å². The fourth-order valence-corrected chi connectivity index (χ4v) is 6.21. The molecule has 0 aliphatic rings. The van der Waals surface area contributed by atoms with Crippen molar-refractivity contribution in [1.29, 1.82) is 0 Å². The number of nitrogens with zero attached hydrogens (tertiary/aromatic N) is 2. The molecular formula is C35H24N2S. The normalized spacial score (nSPS) is 11.3. The van der Waals surface area contributed by atoms with Crippen LogP contribution in [0.5, 0.6) is 0 Å². The van der Waals surface area contributed by atoms with E-state index in [9.17, 15) is 0 Å². The number of aryl methyl sites for hydroxylation is 1. The predicted molar refractivity (Wildman–Crippen MR) is 161 cm³/mol. The predicted octanol–water partition coefficient (Wildman–Crippen LogP) is 9.82. The zero-order valence-electron chi connectivity index (χ0n) is 20.9. The van der Waals surface area contributed by atoms with Crippen LogP contribution < -0.4 is 0 Å². The highest BCUT2D eigenvalue weighted by molar-refractivity contribution is 7.25. The van der Waals surface area contributed by atoms with Gasteiger partial charge in [0.15, 0.2) is 0 Å². The van der Waals surface area contributed by atoms with Crippen LogP contribution in [-0.2, 0) is 0 Å². The molecule has 0 saturated carbocycles. The molecule has 2 aromatic heterocycles. The van der Waals surface area contributed by atoms with Gasteiger partial charge >= 0.3 is 0 Å². The van der Waals surface area contributed by atoms with Gasteiger partial charge in [-0.2, -0.15) is 0 Å². The fourth-order valence-electron chi connectivity index (χ4n) is 5.12. The van der Waals surface area contributed by atoms with Crippen molar-refractivity contribution in [3.05, 3.63) is 133 Å². The Morgan fingerprint density at radius 3 is 1.66 bits per heavy atom. The van der Waals surface area contributed by atoms with Gasteiger partial charge in [-0.1, -0.05) is 84.9 Å². The second-order valence-electron chi connectivity index (χ2n) is 9.53. The van der Waals surface area contributed by atoms with Crippen LogP contribution in [0, 0.1) is 6.92 Å². The first-order valence-electron chi connectivity index (χ1n) is 12.7. The van der Waals surface area contributed by atoms with E-state index in [4.69, 9.17) is 9.97 Å². The van der Waals surface area contributed by atoms with Crippen molar-refractivity contribution in [3.8, 4) is 44.8 Å². The molecule has 0 bridgehead atoms. The SMILES string of the molecule is Cc1nc(-c2cc(-c3ccccc3)cc(-c3ccccc3)c2)cc(-c2ccc3sc4ccccc4c3c2)n1. The molecule has 5 aromatic carbocycles. The summed E-state index contributed by atoms with van der Waals surface area (Å²) in [6, 6.07) is 45.2. The first-order chi connectivity index (χ1) is 18.7. The van der Waals surface area contributed by atoms with Crippen molar-refractivity contribution in [3.63, 3.8) is 0 Å². The Balaban J connectivity index is 1.39. The molecule has 0 radical (unpaired) electrons. The summed E-state index contributed by atoms with van der Waals surface area (Å²) in [6.07, 6.45) is 0. The summed E-state index contributed by atoms with van der Waals surface area (Å²) in [5, 5.41) is 2.57. The Kier molecular flexibility index (Phi) is 5.57. The zero-order valence-corrected chi connectivity index (χ0v) is 21.7. The number of thiophene rings is 1. The van der Waals surface area contributed by atoms with Gasteiger partial charge in [0.05, 0.1) is 11.4 Å². The van der Waals surface area contributed by atoms with E-state index in [1.54, 1.807) is 0 Å². The maximum Gasteiger partial charge on any atom is 0.126 e. The maximum atomic E-state index is 4.89. The van der Waals surface area contributed by atoms with Gasteiger partial charge in [0, 0.05) is 31.3 Å². The smallest absolute Gasteiger partial charge is 0.126 e. The van der Waals surface area contributed by atoms with E-state index >= 15 is 0 Å². The third kappa shape index (κ3) is 4.17. The van der Waals surface area contributed by atoms with Gasteiger partial charge < -0.3 is 0 Å². The lowest BCUT2D eigenvalue weighted by atomic mass is 9.94. The zero-order chi connectivity index (χ0) is 25.5. The lowest BCUT2D eigenvalue weighted by Crippen LogP contribution is -1.95. The monoisotopic (exact) mass is 504 g/mol. The highest BCUT2D eigenvalue weighted by atomic mass is 32.1. The summed E-state index contributed by atoms with van der Waals surface area (Å²) in [5.41, 5.74) is 8.78. The van der Waals surface area contributed by atoms with Crippen molar-refractivity contribution in [1.82, 2.24) is 9.97 Å². The van der Waals surface area contributed by atoms with Crippen LogP contribution in [0.15, 0.2) is 127 Å². The third-order valence-electron chi connectivity index (χ3n) is 6.95. The van der Waals surface area contributed by atoms with Crippen LogP contribution in [0.1, 0.15) is 5.82 Å². The van der Waals surface area contributed by atoms with Crippen LogP contribution in [0.2, 0.25) is 0 Å². The van der Waals surface area contributed by atoms with Crippen LogP contribution in [0.4, 0.5) is 0 Å². The lowest BCUT2D eigenvalue weighted by molar-refractivity contribution is 1.06. The van der Waals surface area contributed by atoms with Crippen LogP contribution >= 0.6 is 11.3 Å². The molecule has 0 saturated heterocycles. The molecule has 0 amide bonds. The minimum absolute atomic E-state index is 0.763. The Labute approximate surface area is 225 Å². The minimum Gasteiger partial charge on any atom is -0.233 e. The minimum atomic E-state index is 0.763. The average molecular weight is 505 g/mol. The van der Waals surface area contributed by atoms with Gasteiger partial charge in [-0.25, -0.2) is 9.97 Å². The molecular weight excluding hydrogens is 480 g/mol. The summed E-state index contributed by atoms with van der Waals surface area (Å²) in [4.78, 5) is 9.75. The number of fused-ring (bicyclic) bond motifs is 3. The molecule has 180 valence electrons. The standard InChI is InChI=1S/C35H24N2S/c1-23-36-32(26-16-17-35-31(21-26)30-14-8-9-15-34(30)38-35)22-33(37-23)29-19-27(24-10-4-2-5-11-24)18-28(20-29)25-12-6-3-7-13-25/h2-22H,1H3. The highest BCUT2D eigenvalue weighted by Crippen LogP contribution is 2.37. The van der Waals surface area contributed by atoms with E-state index in [0.717, 1.165) is 28.3 Å². The number of aromatic nitrogens is 2. The van der Waals surface area contributed by atoms with Gasteiger partial charge in [0.1, 0.15) is 5.82 Å². The van der Waals surface area contributed by atoms with Gasteiger partial charge in [-0.15, -0.1) is 11.3 Å². The average Bonchev–Trinajstić information content (AvgIpc) is 3.35. The summed E-state index contributed by atoms with van der Waals surface area (Å²) < 4.78 is 2.61. The van der Waals surface area contributed by atoms with E-state index in [-0.39, 0.29) is 0 Å². The van der Waals surface area contributed by atoms with Crippen molar-refractivity contribution in [2.75, 3.05) is 0 Å². The first-order valence-corrected chi connectivity index (χ1v) is 13.6. The second kappa shape index (κ2) is 9.37. The summed E-state index contributed by atoms with van der Waals surface area (Å²) in [7, 11) is 0. The van der Waals surface area contributed by atoms with Gasteiger partial charge in [0.2, 0.25) is 0 Å². The Morgan fingerprint density at radius 2 is 0.974 bits per heavy atom. The van der Waals surface area contributed by atoms with Gasteiger partial charge in [0.25, 0.3) is 0 Å². The Morgan fingerprint density at radius 1 is 0.421 bits per heavy atom. The largest absolute Gasteiger partial charge is 0.233 e. The van der Waals surface area contributed by atoms with Crippen LogP contribution in [0.3, 0.4) is 0 Å². The second-order valence-corrected chi connectivity index (χ2v) is 10.6. The highest BCUT2D eigenvalue weighted by Gasteiger charge is 2.13. The quantitative estimate of drug-likeness (QED) is 0.238. The summed E-state index contributed by atoms with van der Waals surface area (Å²) >= 11 is 1.83. The topological polar surface area (TPSA) is 25.8 Å². The number of rotatable bonds is 4. The van der Waals surface area contributed by atoms with Crippen molar-refractivity contribution in [2.24, 2.45) is 0 Å². The summed E-state index contributed by atoms with van der Waals surface area (Å²) in [6.45, 7) is 1.98. The molecule has 0 spiro atoms. The molecule has 0 fully saturated rings. The molecule has 3 heteroatoms. The van der Waals surface area contributed by atoms with Gasteiger partial charge in [-0.05, 0) is 71.6 Å². The van der Waals surface area contributed by atoms with E-state index in [0.29, 0.717) is 0 Å². The maximum absolute atomic E-state index is 4.89. The van der Waals surface area contributed by atoms with E-state index in [1.165, 1.54) is 42.4 Å². The Bertz CT molecular complexity index is 1860. The van der Waals surface area contributed by atoms with E-state index in [1.807, 2.05) is 18.3 Å². The number of hydrogen-bond acceptors (Lipinski definition) is 3. The molecule has 0 N–H and O–H groups in total. The molecule has 0 aliphatic heterocycles. The van der Waals surface area contributed by atoms with Gasteiger partial charge in [-0.3, -0.25) is 0 Å². The van der Waals surface area contributed by atoms with Crippen LogP contribution in [-0.4, -0.2) is 9.97 Å². The molecule has 7 rings (SSSR count). The number of hydrogen-bond donors (Lipinski definition) is 0. The first kappa shape index (κ1) is 22.6. The molecule has 0 atom stereocenters. The number of benzene rings is 5. The molecule has 7 aromatic rings. The van der Waals surface area contributed by atoms with E-state index in [2.05, 4.69) is 127 Å². The molecule has 2 heterocycles. The Hall–Kier alpha value is -4.60. The van der Waals surface area contributed by atoms with Crippen LogP contribution in [0.25, 0.3) is 64.9 Å². The molecule has 38 heavy (non-hydrogen) atoms. The van der Waals surface area contributed by atoms with E-state index < -0.39 is 0 Å². The molecule has 2 nitrogen and oxygen atoms in total. The fraction of sp³-hybridized carbons (Fsp3) is 0.0286. The van der Waals surface area contributed by atoms with Crippen molar-refractivity contribution in [2.45, 2.75) is 6.92 Å². The third-order valence-corrected chi connectivity index (χ3v) is 8.11. The lowest BCUT2D eigenvalue weighted by Gasteiger charge is -2.12. The molecule has 0 aliphatic carbocycles. The van der Waals surface area contributed by atoms with Crippen molar-refractivity contribution >= 4 is 31.5 Å².